The van der Waals surface area contributed by atoms with Crippen LogP contribution in [0.4, 0.5) is 57.1 Å². The maximum Gasteiger partial charge on any atom is 0.465 e. The van der Waals surface area contributed by atoms with Gasteiger partial charge in [-0.1, -0.05) is 0 Å². The Kier molecular flexibility index (Phi) is 4.98. The van der Waals surface area contributed by atoms with Crippen molar-refractivity contribution in [3.05, 3.63) is 0 Å². The van der Waals surface area contributed by atoms with Gasteiger partial charge in [-0.05, 0) is 0 Å². The molecule has 2 nitrogen and oxygen atoms in total. The number of ether oxygens (including phenoxy) is 1. The topological polar surface area (TPSA) is 26.3 Å². The van der Waals surface area contributed by atoms with Crippen LogP contribution in [-0.4, -0.2) is 42.4 Å². The van der Waals surface area contributed by atoms with Crippen LogP contribution in [0.25, 0.3) is 0 Å². The number of esters is 1. The number of carbonyl (C=O) groups excluding carboxylic acids is 1. The third-order valence-corrected chi connectivity index (χ3v) is 1.84. The minimum absolute atomic E-state index is 2.09. The van der Waals surface area contributed by atoms with Gasteiger partial charge in [0.05, 0.1) is 0 Å². The first kappa shape index (κ1) is 20.6. The van der Waals surface area contributed by atoms with E-state index >= 15 is 0 Å². The van der Waals surface area contributed by atoms with Gasteiger partial charge in [-0.2, -0.15) is 57.1 Å². The second kappa shape index (κ2) is 5.33. The zero-order valence-corrected chi connectivity index (χ0v) is 9.31. The Bertz CT molecular complexity index is 414. The highest BCUT2D eigenvalue weighted by molar-refractivity contribution is 5.78. The summed E-state index contributed by atoms with van der Waals surface area (Å²) < 4.78 is 158. The van der Waals surface area contributed by atoms with Crippen molar-refractivity contribution in [3.63, 3.8) is 0 Å². The van der Waals surface area contributed by atoms with Gasteiger partial charge in [-0.3, -0.25) is 0 Å². The summed E-state index contributed by atoms with van der Waals surface area (Å²) in [7, 11) is 0. The second-order valence-electron chi connectivity index (χ2n) is 3.52. The number of alkyl halides is 13. The number of hydrogen-bond donors (Lipinski definition) is 0. The monoisotopic (exact) mass is 364 g/mol. The molecule has 22 heavy (non-hydrogen) atoms. The summed E-state index contributed by atoms with van der Waals surface area (Å²) in [5.74, 6) is -17.9. The third-order valence-electron chi connectivity index (χ3n) is 1.84. The van der Waals surface area contributed by atoms with Gasteiger partial charge in [0, 0.05) is 0 Å². The van der Waals surface area contributed by atoms with E-state index in [1.54, 1.807) is 0 Å². The van der Waals surface area contributed by atoms with Crippen LogP contribution >= 0.6 is 0 Å². The van der Waals surface area contributed by atoms with Crippen molar-refractivity contribution in [1.29, 1.82) is 0 Å². The SMILES string of the molecule is O=C(OC(C(F)(F)F)C(F)(F)C(F)(F)F)C(F)(F)C(F)(F)F. The maximum atomic E-state index is 12.5. The van der Waals surface area contributed by atoms with Crippen molar-refractivity contribution in [1.82, 2.24) is 0 Å². The molecule has 0 heterocycles. The van der Waals surface area contributed by atoms with Crippen molar-refractivity contribution in [2.45, 2.75) is 36.5 Å². The van der Waals surface area contributed by atoms with E-state index in [9.17, 15) is 61.9 Å². The molecule has 1 atom stereocenters. The molecule has 0 aliphatic heterocycles. The lowest BCUT2D eigenvalue weighted by Gasteiger charge is -2.30. The molecule has 0 amide bonds. The molecule has 0 aromatic rings. The Morgan fingerprint density at radius 1 is 0.682 bits per heavy atom. The lowest BCUT2D eigenvalue weighted by atomic mass is 10.1. The molecule has 0 rings (SSSR count). The first-order chi connectivity index (χ1) is 9.26. The van der Waals surface area contributed by atoms with E-state index in [-0.39, 0.29) is 0 Å². The summed E-state index contributed by atoms with van der Waals surface area (Å²) in [4.78, 5) is 10.2. The predicted octanol–water partition coefficient (Wildman–Crippen LogP) is 3.86. The molecule has 1 unspecified atom stereocenters. The summed E-state index contributed by atoms with van der Waals surface area (Å²) in [5.41, 5.74) is 0. The summed E-state index contributed by atoms with van der Waals surface area (Å²) >= 11 is 0. The van der Waals surface area contributed by atoms with E-state index < -0.39 is 42.4 Å². The first-order valence-electron chi connectivity index (χ1n) is 4.43. The number of carbonyl (C=O) groups is 1. The van der Waals surface area contributed by atoms with Crippen LogP contribution in [0.2, 0.25) is 0 Å². The summed E-state index contributed by atoms with van der Waals surface area (Å²) in [6, 6.07) is 0. The Balaban J connectivity index is 5.70. The lowest BCUT2D eigenvalue weighted by molar-refractivity contribution is -0.366. The molecule has 0 fully saturated rings. The number of rotatable bonds is 3. The molecule has 0 saturated carbocycles. The molecule has 0 aliphatic carbocycles. The van der Waals surface area contributed by atoms with Crippen molar-refractivity contribution >= 4 is 5.97 Å². The molecule has 0 bridgehead atoms. The fourth-order valence-electron chi connectivity index (χ4n) is 0.792. The smallest absolute Gasteiger partial charge is 0.441 e. The Labute approximate surface area is 110 Å². The molecular formula is C7HF13O2. The summed E-state index contributed by atoms with van der Waals surface area (Å²) in [5, 5.41) is 0. The van der Waals surface area contributed by atoms with Crippen LogP contribution in [0.1, 0.15) is 0 Å². The lowest BCUT2D eigenvalue weighted by Crippen LogP contribution is -2.58. The molecule has 0 aromatic heterocycles. The van der Waals surface area contributed by atoms with E-state index in [4.69, 9.17) is 0 Å². The highest BCUT2D eigenvalue weighted by Crippen LogP contribution is 2.46. The zero-order chi connectivity index (χ0) is 18.4. The predicted molar refractivity (Wildman–Crippen MR) is 37.9 cm³/mol. The van der Waals surface area contributed by atoms with Gasteiger partial charge in [0.2, 0.25) is 0 Å². The number of hydrogen-bond acceptors (Lipinski definition) is 2. The van der Waals surface area contributed by atoms with Crippen molar-refractivity contribution in [2.24, 2.45) is 0 Å². The van der Waals surface area contributed by atoms with Crippen LogP contribution in [-0.2, 0) is 9.53 Å². The van der Waals surface area contributed by atoms with Crippen molar-refractivity contribution in [3.8, 4) is 0 Å². The molecule has 0 aliphatic rings. The highest BCUT2D eigenvalue weighted by Gasteiger charge is 2.74. The van der Waals surface area contributed by atoms with Gasteiger partial charge in [0.1, 0.15) is 0 Å². The van der Waals surface area contributed by atoms with Gasteiger partial charge in [0.15, 0.2) is 0 Å². The normalized spacial score (nSPS) is 16.4. The largest absolute Gasteiger partial charge is 0.465 e. The van der Waals surface area contributed by atoms with Crippen LogP contribution in [0, 0.1) is 0 Å². The van der Waals surface area contributed by atoms with Crippen LogP contribution in [0.5, 0.6) is 0 Å². The molecule has 0 radical (unpaired) electrons. The Hall–Kier alpha value is -1.44. The molecule has 0 spiro atoms. The van der Waals surface area contributed by atoms with Gasteiger partial charge in [0.25, 0.3) is 6.10 Å². The van der Waals surface area contributed by atoms with Crippen LogP contribution in [0.15, 0.2) is 0 Å². The Morgan fingerprint density at radius 2 is 1.05 bits per heavy atom. The van der Waals surface area contributed by atoms with Crippen LogP contribution in [0.3, 0.4) is 0 Å². The van der Waals surface area contributed by atoms with Crippen molar-refractivity contribution in [2.75, 3.05) is 0 Å². The fourth-order valence-corrected chi connectivity index (χ4v) is 0.792. The molecule has 0 N–H and O–H groups in total. The minimum Gasteiger partial charge on any atom is -0.441 e. The third kappa shape index (κ3) is 3.85. The average Bonchev–Trinajstić information content (AvgIpc) is 2.19. The first-order valence-corrected chi connectivity index (χ1v) is 4.43. The van der Waals surface area contributed by atoms with Gasteiger partial charge in [-0.25, -0.2) is 4.79 Å². The standard InChI is InChI=1S/C7HF13O2/c8-3(9,6(15,16)17)1(5(12,13)14)22-2(21)4(10,11)7(18,19)20/h1H. The second-order valence-corrected chi connectivity index (χ2v) is 3.52. The highest BCUT2D eigenvalue weighted by atomic mass is 19.4. The molecule has 132 valence electrons. The summed E-state index contributed by atoms with van der Waals surface area (Å²) in [6.07, 6.45) is -26.3. The average molecular weight is 364 g/mol. The molecule has 15 heteroatoms. The molecular weight excluding hydrogens is 363 g/mol. The zero-order valence-electron chi connectivity index (χ0n) is 9.31. The minimum atomic E-state index is -7.04. The van der Waals surface area contributed by atoms with E-state index in [0.29, 0.717) is 0 Å². The van der Waals surface area contributed by atoms with Gasteiger partial charge >= 0.3 is 36.3 Å². The molecule has 0 saturated heterocycles. The Morgan fingerprint density at radius 3 is 1.27 bits per heavy atom. The summed E-state index contributed by atoms with van der Waals surface area (Å²) in [6.45, 7) is 0. The van der Waals surface area contributed by atoms with Gasteiger partial charge < -0.3 is 4.74 Å². The van der Waals surface area contributed by atoms with Crippen LogP contribution < -0.4 is 0 Å². The van der Waals surface area contributed by atoms with E-state index in [2.05, 4.69) is 4.74 Å². The fraction of sp³-hybridized carbons (Fsp3) is 0.857. The van der Waals surface area contributed by atoms with Gasteiger partial charge in [-0.15, -0.1) is 0 Å². The quantitative estimate of drug-likeness (QED) is 0.562. The van der Waals surface area contributed by atoms with E-state index in [0.717, 1.165) is 0 Å². The number of halogens is 13. The maximum absolute atomic E-state index is 12.5. The van der Waals surface area contributed by atoms with E-state index in [1.807, 2.05) is 0 Å². The van der Waals surface area contributed by atoms with E-state index in [1.165, 1.54) is 0 Å². The molecule has 0 aromatic carbocycles. The van der Waals surface area contributed by atoms with Crippen molar-refractivity contribution < 1.29 is 66.6 Å².